The number of nitrogens with zero attached hydrogens (tertiary/aromatic N) is 3. The van der Waals surface area contributed by atoms with Crippen molar-refractivity contribution in [1.29, 1.82) is 0 Å². The molecule has 90 valence electrons. The van der Waals surface area contributed by atoms with Gasteiger partial charge in [0.25, 0.3) is 0 Å². The topological polar surface area (TPSA) is 46.7 Å². The van der Waals surface area contributed by atoms with Crippen LogP contribution in [0.3, 0.4) is 0 Å². The standard InChI is InChI=1S/C12H14BrN3O/c1-7-5-8(13)10-14-9(12(2,3)4)11(15-17)16(10)6-7/h5-6H,1-4H3. The smallest absolute Gasteiger partial charge is 0.205 e. The van der Waals surface area contributed by atoms with Crippen molar-refractivity contribution >= 4 is 27.4 Å². The summed E-state index contributed by atoms with van der Waals surface area (Å²) in [5.74, 6) is 0.386. The molecule has 0 spiro atoms. The van der Waals surface area contributed by atoms with Crippen molar-refractivity contribution in [3.05, 3.63) is 32.9 Å². The molecule has 2 aromatic heterocycles. The first-order valence-electron chi connectivity index (χ1n) is 5.36. The third-order valence-corrected chi connectivity index (χ3v) is 3.17. The van der Waals surface area contributed by atoms with E-state index in [1.165, 1.54) is 0 Å². The zero-order valence-corrected chi connectivity index (χ0v) is 11.9. The van der Waals surface area contributed by atoms with E-state index in [-0.39, 0.29) is 5.41 Å². The van der Waals surface area contributed by atoms with Gasteiger partial charge in [0.15, 0.2) is 5.65 Å². The Morgan fingerprint density at radius 1 is 1.41 bits per heavy atom. The van der Waals surface area contributed by atoms with Crippen LogP contribution >= 0.6 is 15.9 Å². The molecule has 0 aliphatic rings. The summed E-state index contributed by atoms with van der Waals surface area (Å²) in [6.45, 7) is 8.02. The number of aryl methyl sites for hydroxylation is 1. The van der Waals surface area contributed by atoms with Crippen LogP contribution in [0.2, 0.25) is 0 Å². The predicted octanol–water partition coefficient (Wildman–Crippen LogP) is 4.10. The molecule has 0 aliphatic heterocycles. The summed E-state index contributed by atoms with van der Waals surface area (Å²) in [6.07, 6.45) is 1.87. The summed E-state index contributed by atoms with van der Waals surface area (Å²) >= 11 is 3.46. The number of pyridine rings is 1. The number of aromatic nitrogens is 2. The number of nitroso groups, excluding NO2 is 1. The zero-order chi connectivity index (χ0) is 12.8. The number of halogens is 1. The summed E-state index contributed by atoms with van der Waals surface area (Å²) < 4.78 is 2.62. The van der Waals surface area contributed by atoms with E-state index < -0.39 is 0 Å². The number of fused-ring (bicyclic) bond motifs is 1. The summed E-state index contributed by atoms with van der Waals surface area (Å²) in [5, 5.41) is 3.14. The average molecular weight is 296 g/mol. The molecule has 0 saturated heterocycles. The first kappa shape index (κ1) is 12.2. The molecule has 0 unspecified atom stereocenters. The Hall–Kier alpha value is -1.23. The Morgan fingerprint density at radius 2 is 2.06 bits per heavy atom. The predicted molar refractivity (Wildman–Crippen MR) is 71.8 cm³/mol. The van der Waals surface area contributed by atoms with E-state index in [1.54, 1.807) is 4.40 Å². The average Bonchev–Trinajstić information content (AvgIpc) is 2.55. The van der Waals surface area contributed by atoms with Crippen LogP contribution in [0.25, 0.3) is 5.65 Å². The van der Waals surface area contributed by atoms with Crippen molar-refractivity contribution in [2.24, 2.45) is 5.18 Å². The Kier molecular flexibility index (Phi) is 2.81. The third kappa shape index (κ3) is 1.99. The molecule has 0 amide bonds. The van der Waals surface area contributed by atoms with Crippen molar-refractivity contribution in [3.8, 4) is 0 Å². The minimum Gasteiger partial charge on any atom is -0.280 e. The maximum absolute atomic E-state index is 11.0. The van der Waals surface area contributed by atoms with Gasteiger partial charge in [-0.05, 0) is 39.7 Å². The fraction of sp³-hybridized carbons (Fsp3) is 0.417. The summed E-state index contributed by atoms with van der Waals surface area (Å²) in [4.78, 5) is 15.6. The molecular weight excluding hydrogens is 282 g/mol. The molecule has 0 bridgehead atoms. The molecule has 2 heterocycles. The Balaban J connectivity index is 2.90. The van der Waals surface area contributed by atoms with Crippen molar-refractivity contribution < 1.29 is 0 Å². The SMILES string of the molecule is Cc1cc(Br)c2nc(C(C)(C)C)c(N=O)n2c1. The maximum atomic E-state index is 11.0. The van der Waals surface area contributed by atoms with Gasteiger partial charge in [0.2, 0.25) is 5.82 Å². The quantitative estimate of drug-likeness (QED) is 0.744. The second kappa shape index (κ2) is 3.91. The number of rotatable bonds is 1. The molecule has 5 heteroatoms. The fourth-order valence-corrected chi connectivity index (χ4v) is 2.45. The van der Waals surface area contributed by atoms with Crippen LogP contribution in [0.1, 0.15) is 32.0 Å². The van der Waals surface area contributed by atoms with Gasteiger partial charge in [0, 0.05) is 11.6 Å². The van der Waals surface area contributed by atoms with Crippen LogP contribution < -0.4 is 0 Å². The summed E-state index contributed by atoms with van der Waals surface area (Å²) in [6, 6.07) is 1.98. The van der Waals surface area contributed by atoms with E-state index in [4.69, 9.17) is 0 Å². The lowest BCUT2D eigenvalue weighted by Gasteiger charge is -2.14. The fourth-order valence-electron chi connectivity index (χ4n) is 1.81. The van der Waals surface area contributed by atoms with Crippen LogP contribution in [0, 0.1) is 11.8 Å². The minimum absolute atomic E-state index is 0.206. The van der Waals surface area contributed by atoms with Crippen LogP contribution in [-0.4, -0.2) is 9.38 Å². The number of hydrogen-bond acceptors (Lipinski definition) is 3. The Morgan fingerprint density at radius 3 is 2.59 bits per heavy atom. The van der Waals surface area contributed by atoms with Gasteiger partial charge in [0.1, 0.15) is 0 Å². The third-order valence-electron chi connectivity index (χ3n) is 2.58. The highest BCUT2D eigenvalue weighted by atomic mass is 79.9. The van der Waals surface area contributed by atoms with Gasteiger partial charge in [0.05, 0.1) is 10.2 Å². The molecule has 2 aromatic rings. The lowest BCUT2D eigenvalue weighted by atomic mass is 9.92. The summed E-state index contributed by atoms with van der Waals surface area (Å²) in [7, 11) is 0. The zero-order valence-electron chi connectivity index (χ0n) is 10.3. The van der Waals surface area contributed by atoms with Crippen LogP contribution in [0.15, 0.2) is 21.9 Å². The van der Waals surface area contributed by atoms with Crippen molar-refractivity contribution in [2.45, 2.75) is 33.1 Å². The molecule has 0 N–H and O–H groups in total. The van der Waals surface area contributed by atoms with Gasteiger partial charge in [-0.2, -0.15) is 0 Å². The lowest BCUT2D eigenvalue weighted by molar-refractivity contribution is 0.574. The first-order valence-corrected chi connectivity index (χ1v) is 6.16. The molecule has 4 nitrogen and oxygen atoms in total. The van der Waals surface area contributed by atoms with Gasteiger partial charge < -0.3 is 0 Å². The van der Waals surface area contributed by atoms with E-state index >= 15 is 0 Å². The van der Waals surface area contributed by atoms with Crippen LogP contribution in [-0.2, 0) is 5.41 Å². The van der Waals surface area contributed by atoms with E-state index in [9.17, 15) is 4.91 Å². The largest absolute Gasteiger partial charge is 0.280 e. The minimum atomic E-state index is -0.206. The van der Waals surface area contributed by atoms with E-state index in [0.29, 0.717) is 5.82 Å². The normalized spacial score (nSPS) is 12.1. The Labute approximate surface area is 108 Å². The number of imidazole rings is 1. The molecule has 0 saturated carbocycles. The molecule has 0 aliphatic carbocycles. The second-order valence-corrected chi connectivity index (χ2v) is 6.04. The van der Waals surface area contributed by atoms with E-state index in [1.807, 2.05) is 40.0 Å². The van der Waals surface area contributed by atoms with Gasteiger partial charge in [-0.15, -0.1) is 4.91 Å². The van der Waals surface area contributed by atoms with E-state index in [2.05, 4.69) is 26.1 Å². The molecular formula is C12H14BrN3O. The summed E-state index contributed by atoms with van der Waals surface area (Å²) in [5.41, 5.74) is 2.30. The second-order valence-electron chi connectivity index (χ2n) is 5.18. The monoisotopic (exact) mass is 295 g/mol. The van der Waals surface area contributed by atoms with Gasteiger partial charge in [-0.1, -0.05) is 20.8 Å². The highest BCUT2D eigenvalue weighted by Crippen LogP contribution is 2.34. The van der Waals surface area contributed by atoms with Gasteiger partial charge in [-0.25, -0.2) is 4.98 Å². The lowest BCUT2D eigenvalue weighted by Crippen LogP contribution is -2.11. The van der Waals surface area contributed by atoms with E-state index in [0.717, 1.165) is 21.4 Å². The van der Waals surface area contributed by atoms with Crippen LogP contribution in [0.4, 0.5) is 5.82 Å². The number of hydrogen-bond donors (Lipinski definition) is 0. The molecule has 0 aromatic carbocycles. The molecule has 2 rings (SSSR count). The van der Waals surface area contributed by atoms with Crippen molar-refractivity contribution in [3.63, 3.8) is 0 Å². The molecule has 0 radical (unpaired) electrons. The van der Waals surface area contributed by atoms with Crippen molar-refractivity contribution in [2.75, 3.05) is 0 Å². The molecule has 17 heavy (non-hydrogen) atoms. The van der Waals surface area contributed by atoms with Crippen LogP contribution in [0.5, 0.6) is 0 Å². The maximum Gasteiger partial charge on any atom is 0.205 e. The highest BCUT2D eigenvalue weighted by Gasteiger charge is 2.25. The highest BCUT2D eigenvalue weighted by molar-refractivity contribution is 9.10. The molecule has 0 fully saturated rings. The molecule has 0 atom stereocenters. The van der Waals surface area contributed by atoms with Gasteiger partial charge >= 0.3 is 0 Å². The van der Waals surface area contributed by atoms with Gasteiger partial charge in [-0.3, -0.25) is 4.40 Å². The Bertz CT molecular complexity index is 596. The first-order chi connectivity index (χ1) is 7.84. The van der Waals surface area contributed by atoms with Crippen molar-refractivity contribution in [1.82, 2.24) is 9.38 Å².